The molecule has 4 aromatic rings. The van der Waals surface area contributed by atoms with Crippen LogP contribution in [0.5, 0.6) is 0 Å². The van der Waals surface area contributed by atoms with E-state index >= 15 is 0 Å². The van der Waals surface area contributed by atoms with Crippen molar-refractivity contribution in [3.05, 3.63) is 65.6 Å². The molecular formula is C24H27N7O. The second-order valence-electron chi connectivity index (χ2n) is 7.98. The second kappa shape index (κ2) is 9.55. The van der Waals surface area contributed by atoms with E-state index in [1.54, 1.807) is 18.3 Å². The van der Waals surface area contributed by atoms with Gasteiger partial charge in [0, 0.05) is 17.3 Å². The maximum Gasteiger partial charge on any atom is 0.320 e. The second-order valence-corrected chi connectivity index (χ2v) is 7.98. The summed E-state index contributed by atoms with van der Waals surface area (Å²) in [5, 5.41) is 13.0. The van der Waals surface area contributed by atoms with Crippen molar-refractivity contribution in [1.82, 2.24) is 30.5 Å². The van der Waals surface area contributed by atoms with Gasteiger partial charge in [0.05, 0.1) is 17.6 Å². The summed E-state index contributed by atoms with van der Waals surface area (Å²) < 4.78 is 0. The molecule has 4 rings (SSSR count). The van der Waals surface area contributed by atoms with Crippen LogP contribution in [0.15, 0.2) is 48.7 Å². The quantitative estimate of drug-likeness (QED) is 0.399. The first-order valence-electron chi connectivity index (χ1n) is 10.8. The van der Waals surface area contributed by atoms with Crippen molar-refractivity contribution in [1.29, 1.82) is 0 Å². The molecule has 0 aliphatic carbocycles. The van der Waals surface area contributed by atoms with Gasteiger partial charge in [-0.15, -0.1) is 0 Å². The lowest BCUT2D eigenvalue weighted by Gasteiger charge is -2.14. The third-order valence-electron chi connectivity index (χ3n) is 5.36. The zero-order valence-corrected chi connectivity index (χ0v) is 18.5. The first kappa shape index (κ1) is 21.4. The molecule has 3 N–H and O–H groups in total. The Labute approximate surface area is 186 Å². The molecule has 1 unspecified atom stereocenters. The fraction of sp³-hybridized carbons (Fsp3) is 0.292. The van der Waals surface area contributed by atoms with E-state index in [4.69, 9.17) is 0 Å². The van der Waals surface area contributed by atoms with E-state index in [1.165, 1.54) is 5.56 Å². The van der Waals surface area contributed by atoms with Gasteiger partial charge in [-0.1, -0.05) is 30.3 Å². The minimum Gasteiger partial charge on any atom is -0.335 e. The zero-order valence-electron chi connectivity index (χ0n) is 18.5. The average molecular weight is 430 g/mol. The van der Waals surface area contributed by atoms with Crippen LogP contribution in [0.4, 0.5) is 10.6 Å². The molecule has 1 atom stereocenters. The van der Waals surface area contributed by atoms with E-state index in [0.717, 1.165) is 36.2 Å². The number of nitrogens with one attached hydrogen (secondary N) is 3. The molecule has 0 fully saturated rings. The van der Waals surface area contributed by atoms with Gasteiger partial charge in [-0.3, -0.25) is 15.4 Å². The van der Waals surface area contributed by atoms with Crippen molar-refractivity contribution >= 4 is 23.0 Å². The molecule has 0 spiro atoms. The Bertz CT molecular complexity index is 1200. The van der Waals surface area contributed by atoms with E-state index in [-0.39, 0.29) is 12.1 Å². The van der Waals surface area contributed by atoms with Crippen LogP contribution in [0.1, 0.15) is 36.7 Å². The summed E-state index contributed by atoms with van der Waals surface area (Å²) in [6, 6.07) is 13.7. The van der Waals surface area contributed by atoms with Gasteiger partial charge >= 0.3 is 6.03 Å². The number of hydrogen-bond donors (Lipinski definition) is 3. The van der Waals surface area contributed by atoms with E-state index in [9.17, 15) is 4.79 Å². The SMILES string of the molecule is Cc1n[nH]c(C)c1-c1cnc2ccc(NC(=O)NC(C)CCCc3ccccc3)nc2n1. The highest BCUT2D eigenvalue weighted by Gasteiger charge is 2.13. The molecule has 3 heterocycles. The number of H-pyrrole nitrogens is 1. The smallest absolute Gasteiger partial charge is 0.320 e. The molecule has 3 aromatic heterocycles. The summed E-state index contributed by atoms with van der Waals surface area (Å²) in [6.07, 6.45) is 4.61. The average Bonchev–Trinajstić information content (AvgIpc) is 3.11. The predicted molar refractivity (Wildman–Crippen MR) is 125 cm³/mol. The highest BCUT2D eigenvalue weighted by Crippen LogP contribution is 2.24. The number of carbonyl (C=O) groups is 1. The van der Waals surface area contributed by atoms with Crippen molar-refractivity contribution in [2.75, 3.05) is 5.32 Å². The van der Waals surface area contributed by atoms with Crippen LogP contribution in [0.25, 0.3) is 22.4 Å². The van der Waals surface area contributed by atoms with Gasteiger partial charge in [0.15, 0.2) is 5.65 Å². The molecule has 8 nitrogen and oxygen atoms in total. The van der Waals surface area contributed by atoms with Crippen LogP contribution in [-0.4, -0.2) is 37.2 Å². The highest BCUT2D eigenvalue weighted by molar-refractivity contribution is 5.89. The number of aryl methyl sites for hydroxylation is 3. The summed E-state index contributed by atoms with van der Waals surface area (Å²) >= 11 is 0. The van der Waals surface area contributed by atoms with Crippen molar-refractivity contribution in [3.63, 3.8) is 0 Å². The molecule has 0 aliphatic rings. The number of fused-ring (bicyclic) bond motifs is 1. The Morgan fingerprint density at radius 3 is 2.66 bits per heavy atom. The molecule has 0 saturated heterocycles. The minimum absolute atomic E-state index is 0.0533. The van der Waals surface area contributed by atoms with Crippen molar-refractivity contribution in [2.24, 2.45) is 0 Å². The molecule has 0 aliphatic heterocycles. The number of aromatic nitrogens is 5. The number of aromatic amines is 1. The number of anilines is 1. The number of rotatable bonds is 7. The summed E-state index contributed by atoms with van der Waals surface area (Å²) in [5.74, 6) is 0.429. The normalized spacial score (nSPS) is 12.0. The third kappa shape index (κ3) is 5.08. The van der Waals surface area contributed by atoms with Crippen LogP contribution in [-0.2, 0) is 6.42 Å². The lowest BCUT2D eigenvalue weighted by molar-refractivity contribution is 0.248. The number of nitrogens with zero attached hydrogens (tertiary/aromatic N) is 4. The van der Waals surface area contributed by atoms with Crippen molar-refractivity contribution in [3.8, 4) is 11.3 Å². The molecule has 1 aromatic carbocycles. The maximum atomic E-state index is 12.4. The Balaban J connectivity index is 1.37. The molecule has 8 heteroatoms. The van der Waals surface area contributed by atoms with Crippen LogP contribution >= 0.6 is 0 Å². The molecule has 0 bridgehead atoms. The summed E-state index contributed by atoms with van der Waals surface area (Å²) in [7, 11) is 0. The van der Waals surface area contributed by atoms with E-state index in [1.807, 2.05) is 39.0 Å². The monoisotopic (exact) mass is 429 g/mol. The van der Waals surface area contributed by atoms with Gasteiger partial charge in [0.1, 0.15) is 11.3 Å². The Kier molecular flexibility index (Phi) is 6.39. The van der Waals surface area contributed by atoms with Gasteiger partial charge in [-0.05, 0) is 57.7 Å². The van der Waals surface area contributed by atoms with Crippen LogP contribution in [0, 0.1) is 13.8 Å². The Morgan fingerprint density at radius 1 is 1.09 bits per heavy atom. The van der Waals surface area contributed by atoms with Gasteiger partial charge in [0.2, 0.25) is 0 Å². The lowest BCUT2D eigenvalue weighted by atomic mass is 10.1. The number of benzene rings is 1. The van der Waals surface area contributed by atoms with Crippen LogP contribution in [0.2, 0.25) is 0 Å². The highest BCUT2D eigenvalue weighted by atomic mass is 16.2. The van der Waals surface area contributed by atoms with E-state index in [2.05, 4.69) is 47.9 Å². The van der Waals surface area contributed by atoms with E-state index in [0.29, 0.717) is 22.7 Å². The number of carbonyl (C=O) groups excluding carboxylic acids is 1. The zero-order chi connectivity index (χ0) is 22.5. The number of amides is 2. The fourth-order valence-corrected chi connectivity index (χ4v) is 3.72. The summed E-state index contributed by atoms with van der Waals surface area (Å²) in [5.41, 5.74) is 5.83. The molecule has 0 radical (unpaired) electrons. The molecular weight excluding hydrogens is 402 g/mol. The molecule has 2 amide bonds. The molecule has 164 valence electrons. The Hall–Kier alpha value is -3.81. The van der Waals surface area contributed by atoms with Gasteiger partial charge < -0.3 is 5.32 Å². The number of hydrogen-bond acceptors (Lipinski definition) is 5. The van der Waals surface area contributed by atoms with Crippen LogP contribution in [0.3, 0.4) is 0 Å². The van der Waals surface area contributed by atoms with Gasteiger partial charge in [0.25, 0.3) is 0 Å². The fourth-order valence-electron chi connectivity index (χ4n) is 3.72. The van der Waals surface area contributed by atoms with Gasteiger partial charge in [-0.2, -0.15) is 5.10 Å². The summed E-state index contributed by atoms with van der Waals surface area (Å²) in [4.78, 5) is 26.0. The Morgan fingerprint density at radius 2 is 1.91 bits per heavy atom. The lowest BCUT2D eigenvalue weighted by Crippen LogP contribution is -2.36. The first-order chi connectivity index (χ1) is 15.5. The first-order valence-corrected chi connectivity index (χ1v) is 10.8. The number of pyridine rings is 1. The molecule has 0 saturated carbocycles. The topological polar surface area (TPSA) is 108 Å². The predicted octanol–water partition coefficient (Wildman–Crippen LogP) is 4.56. The summed E-state index contributed by atoms with van der Waals surface area (Å²) in [6.45, 7) is 5.87. The minimum atomic E-state index is -0.283. The van der Waals surface area contributed by atoms with Crippen molar-refractivity contribution < 1.29 is 4.79 Å². The van der Waals surface area contributed by atoms with Gasteiger partial charge in [-0.25, -0.2) is 14.8 Å². The van der Waals surface area contributed by atoms with Crippen LogP contribution < -0.4 is 10.6 Å². The maximum absolute atomic E-state index is 12.4. The molecule has 32 heavy (non-hydrogen) atoms. The standard InChI is InChI=1S/C24H27N7O/c1-15(8-7-11-18-9-5-4-6-10-18)26-24(32)29-21-13-12-19-23(28-21)27-20(14-25-19)22-16(2)30-31-17(22)3/h4-6,9-10,12-15H,7-8,11H2,1-3H3,(H,30,31)(H2,26,27,28,29,32). The third-order valence-corrected chi connectivity index (χ3v) is 5.36. The van der Waals surface area contributed by atoms with Crippen molar-refractivity contribution in [2.45, 2.75) is 46.1 Å². The van der Waals surface area contributed by atoms with E-state index < -0.39 is 0 Å². The number of urea groups is 1. The largest absolute Gasteiger partial charge is 0.335 e.